The summed E-state index contributed by atoms with van der Waals surface area (Å²) in [6, 6.07) is 3.63. The van der Waals surface area contributed by atoms with Crippen LogP contribution in [0.4, 0.5) is 0 Å². The number of aromatic nitrogens is 6. The summed E-state index contributed by atoms with van der Waals surface area (Å²) in [4.78, 5) is 0. The van der Waals surface area contributed by atoms with Gasteiger partial charge in [-0.2, -0.15) is 0 Å². The highest BCUT2D eigenvalue weighted by atomic mass is 32.2. The van der Waals surface area contributed by atoms with Gasteiger partial charge < -0.3 is 0 Å². The standard InChI is InChI=1S/2C4H5N3S/c2*1-8-4-2-3-5-7-6-4/h2*2-3H,1H3. The van der Waals surface area contributed by atoms with E-state index in [4.69, 9.17) is 0 Å². The Kier molecular flexibility index (Phi) is 6.35. The Morgan fingerprint density at radius 1 is 0.812 bits per heavy atom. The quantitative estimate of drug-likeness (QED) is 0.739. The summed E-state index contributed by atoms with van der Waals surface area (Å²) in [5.74, 6) is 0. The zero-order valence-electron chi connectivity index (χ0n) is 8.81. The van der Waals surface area contributed by atoms with Gasteiger partial charge in [0, 0.05) is 0 Å². The third kappa shape index (κ3) is 4.99. The second kappa shape index (κ2) is 7.94. The normalized spacial score (nSPS) is 9.12. The molecule has 0 spiro atoms. The largest absolute Gasteiger partial charge is 0.139 e. The monoisotopic (exact) mass is 254 g/mol. The summed E-state index contributed by atoms with van der Waals surface area (Å²) in [6.45, 7) is 0. The molecular weight excluding hydrogens is 244 g/mol. The lowest BCUT2D eigenvalue weighted by Crippen LogP contribution is -1.84. The van der Waals surface area contributed by atoms with Gasteiger partial charge in [0.05, 0.1) is 12.4 Å². The second-order valence-electron chi connectivity index (χ2n) is 2.33. The Hall–Kier alpha value is -1.28. The molecule has 16 heavy (non-hydrogen) atoms. The van der Waals surface area contributed by atoms with Crippen LogP contribution < -0.4 is 0 Å². The molecule has 0 amide bonds. The Morgan fingerprint density at radius 2 is 1.25 bits per heavy atom. The molecule has 0 atom stereocenters. The molecule has 8 heteroatoms. The highest BCUT2D eigenvalue weighted by Crippen LogP contribution is 2.06. The van der Waals surface area contributed by atoms with Crippen molar-refractivity contribution in [3.8, 4) is 0 Å². The minimum atomic E-state index is 0.903. The van der Waals surface area contributed by atoms with Crippen molar-refractivity contribution in [1.29, 1.82) is 0 Å². The van der Waals surface area contributed by atoms with Crippen LogP contribution in [0.3, 0.4) is 0 Å². The van der Waals surface area contributed by atoms with Gasteiger partial charge in [-0.05, 0) is 35.1 Å². The molecule has 0 fully saturated rings. The summed E-state index contributed by atoms with van der Waals surface area (Å²) >= 11 is 3.11. The fourth-order valence-corrected chi connectivity index (χ4v) is 1.31. The molecule has 84 valence electrons. The van der Waals surface area contributed by atoms with Gasteiger partial charge in [-0.3, -0.25) is 0 Å². The Bertz CT molecular complexity index is 345. The van der Waals surface area contributed by atoms with E-state index in [1.54, 1.807) is 35.9 Å². The molecule has 0 saturated heterocycles. The molecule has 0 aliphatic carbocycles. The topological polar surface area (TPSA) is 77.3 Å². The zero-order valence-corrected chi connectivity index (χ0v) is 10.4. The fraction of sp³-hybridized carbons (Fsp3) is 0.250. The minimum Gasteiger partial charge on any atom is -0.139 e. The van der Waals surface area contributed by atoms with Crippen molar-refractivity contribution < 1.29 is 0 Å². The van der Waals surface area contributed by atoms with E-state index in [1.165, 1.54) is 0 Å². The Balaban J connectivity index is 0.000000160. The van der Waals surface area contributed by atoms with Crippen molar-refractivity contribution in [3.63, 3.8) is 0 Å². The van der Waals surface area contributed by atoms with Crippen molar-refractivity contribution >= 4 is 23.5 Å². The smallest absolute Gasteiger partial charge is 0.122 e. The molecular formula is C8H10N6S2. The van der Waals surface area contributed by atoms with E-state index in [1.807, 2.05) is 24.6 Å². The summed E-state index contributed by atoms with van der Waals surface area (Å²) in [6.07, 6.45) is 7.14. The molecule has 0 aromatic carbocycles. The van der Waals surface area contributed by atoms with E-state index in [-0.39, 0.29) is 0 Å². The average Bonchev–Trinajstić information content (AvgIpc) is 2.41. The first-order valence-corrected chi connectivity index (χ1v) is 6.68. The first-order chi connectivity index (χ1) is 7.86. The van der Waals surface area contributed by atoms with Crippen LogP contribution in [-0.4, -0.2) is 43.3 Å². The number of hydrogen-bond acceptors (Lipinski definition) is 8. The third-order valence-electron chi connectivity index (χ3n) is 1.38. The predicted molar refractivity (Wildman–Crippen MR) is 63.2 cm³/mol. The first kappa shape index (κ1) is 12.8. The lowest BCUT2D eigenvalue weighted by atomic mass is 10.7. The summed E-state index contributed by atoms with van der Waals surface area (Å²) in [5, 5.41) is 23.1. The maximum atomic E-state index is 3.70. The van der Waals surface area contributed by atoms with Crippen LogP contribution in [0.25, 0.3) is 0 Å². The molecule has 2 aromatic heterocycles. The van der Waals surface area contributed by atoms with E-state index in [0.29, 0.717) is 0 Å². The molecule has 0 saturated carbocycles. The SMILES string of the molecule is CSc1ccnnn1.CSc1ccnnn1. The van der Waals surface area contributed by atoms with Crippen LogP contribution in [-0.2, 0) is 0 Å². The second-order valence-corrected chi connectivity index (χ2v) is 3.98. The molecule has 0 aliphatic rings. The van der Waals surface area contributed by atoms with E-state index in [9.17, 15) is 0 Å². The van der Waals surface area contributed by atoms with Crippen LogP contribution in [0, 0.1) is 0 Å². The fourth-order valence-electron chi connectivity index (χ4n) is 0.678. The summed E-state index contributed by atoms with van der Waals surface area (Å²) < 4.78 is 0. The van der Waals surface area contributed by atoms with E-state index in [0.717, 1.165) is 10.1 Å². The van der Waals surface area contributed by atoms with Gasteiger partial charge in [-0.25, -0.2) is 0 Å². The molecule has 0 unspecified atom stereocenters. The molecule has 0 radical (unpaired) electrons. The summed E-state index contributed by atoms with van der Waals surface area (Å²) in [5.41, 5.74) is 0. The molecule has 0 bridgehead atoms. The van der Waals surface area contributed by atoms with Gasteiger partial charge in [0.1, 0.15) is 10.1 Å². The van der Waals surface area contributed by atoms with Crippen LogP contribution in [0.1, 0.15) is 0 Å². The molecule has 6 nitrogen and oxygen atoms in total. The van der Waals surface area contributed by atoms with Crippen LogP contribution in [0.2, 0.25) is 0 Å². The van der Waals surface area contributed by atoms with Gasteiger partial charge in [0.2, 0.25) is 0 Å². The number of hydrogen-bond donors (Lipinski definition) is 0. The maximum Gasteiger partial charge on any atom is 0.122 e. The van der Waals surface area contributed by atoms with Gasteiger partial charge in [-0.1, -0.05) is 0 Å². The minimum absolute atomic E-state index is 0.903. The zero-order chi connectivity index (χ0) is 11.6. The average molecular weight is 254 g/mol. The van der Waals surface area contributed by atoms with Crippen molar-refractivity contribution in [2.24, 2.45) is 0 Å². The number of nitrogens with zero attached hydrogens (tertiary/aromatic N) is 6. The van der Waals surface area contributed by atoms with Crippen molar-refractivity contribution in [2.45, 2.75) is 10.1 Å². The van der Waals surface area contributed by atoms with E-state index < -0.39 is 0 Å². The van der Waals surface area contributed by atoms with Crippen LogP contribution >= 0.6 is 23.5 Å². The highest BCUT2D eigenvalue weighted by Gasteiger charge is 1.85. The Morgan fingerprint density at radius 3 is 1.44 bits per heavy atom. The van der Waals surface area contributed by atoms with E-state index in [2.05, 4.69) is 30.8 Å². The van der Waals surface area contributed by atoms with Crippen molar-refractivity contribution in [3.05, 3.63) is 24.5 Å². The lowest BCUT2D eigenvalue weighted by Gasteiger charge is -1.85. The molecule has 2 aromatic rings. The third-order valence-corrected chi connectivity index (χ3v) is 2.65. The number of thioether (sulfide) groups is 2. The lowest BCUT2D eigenvalue weighted by molar-refractivity contribution is 0.805. The van der Waals surface area contributed by atoms with E-state index >= 15 is 0 Å². The van der Waals surface area contributed by atoms with Gasteiger partial charge >= 0.3 is 0 Å². The van der Waals surface area contributed by atoms with Gasteiger partial charge in [0.15, 0.2) is 0 Å². The Labute approximate surface area is 102 Å². The molecule has 0 N–H and O–H groups in total. The summed E-state index contributed by atoms with van der Waals surface area (Å²) in [7, 11) is 0. The first-order valence-electron chi connectivity index (χ1n) is 4.23. The molecule has 0 aliphatic heterocycles. The molecule has 2 heterocycles. The van der Waals surface area contributed by atoms with Crippen molar-refractivity contribution in [1.82, 2.24) is 30.8 Å². The molecule has 2 rings (SSSR count). The predicted octanol–water partition coefficient (Wildman–Crippen LogP) is 1.19. The van der Waals surface area contributed by atoms with Crippen molar-refractivity contribution in [2.75, 3.05) is 12.5 Å². The van der Waals surface area contributed by atoms with Crippen LogP contribution in [0.5, 0.6) is 0 Å². The van der Waals surface area contributed by atoms with Gasteiger partial charge in [-0.15, -0.1) is 43.9 Å². The maximum absolute atomic E-state index is 3.70. The highest BCUT2D eigenvalue weighted by molar-refractivity contribution is 7.98. The van der Waals surface area contributed by atoms with Crippen LogP contribution in [0.15, 0.2) is 34.6 Å². The van der Waals surface area contributed by atoms with Gasteiger partial charge in [0.25, 0.3) is 0 Å². The number of rotatable bonds is 2.